The van der Waals surface area contributed by atoms with Crippen molar-refractivity contribution in [3.63, 3.8) is 0 Å². The lowest BCUT2D eigenvalue weighted by atomic mass is 10.2. The molecule has 0 amide bonds. The molecule has 0 saturated carbocycles. The summed E-state index contributed by atoms with van der Waals surface area (Å²) in [6.07, 6.45) is 1.77. The van der Waals surface area contributed by atoms with Crippen molar-refractivity contribution in [2.24, 2.45) is 0 Å². The first-order valence-electron chi connectivity index (χ1n) is 7.52. The monoisotopic (exact) mass is 310 g/mol. The van der Waals surface area contributed by atoms with Crippen molar-refractivity contribution in [1.29, 1.82) is 0 Å². The standard InChI is InChI=1S/C14H22N4O2S/c1-10(19)9-15-13-12-11(3-2-8-21-12)16-14(17-13)18-4-6-20-7-5-18/h10,19H,2-9H2,1H3,(H,15,16,17)/t10-/m1/s1. The summed E-state index contributed by atoms with van der Waals surface area (Å²) >= 11 is 1.81. The van der Waals surface area contributed by atoms with Gasteiger partial charge in [-0.05, 0) is 25.5 Å². The molecule has 0 unspecified atom stereocenters. The maximum Gasteiger partial charge on any atom is 0.227 e. The summed E-state index contributed by atoms with van der Waals surface area (Å²) in [6, 6.07) is 0. The zero-order chi connectivity index (χ0) is 14.7. The van der Waals surface area contributed by atoms with Crippen LogP contribution >= 0.6 is 11.8 Å². The number of ether oxygens (including phenoxy) is 1. The van der Waals surface area contributed by atoms with Gasteiger partial charge < -0.3 is 20.1 Å². The van der Waals surface area contributed by atoms with Crippen LogP contribution in [-0.2, 0) is 11.2 Å². The molecule has 2 aliphatic rings. The third-order valence-corrected chi connectivity index (χ3v) is 4.80. The van der Waals surface area contributed by atoms with Crippen molar-refractivity contribution in [2.75, 3.05) is 48.8 Å². The summed E-state index contributed by atoms with van der Waals surface area (Å²) < 4.78 is 5.39. The van der Waals surface area contributed by atoms with Crippen LogP contribution in [0, 0.1) is 0 Å². The number of anilines is 2. The van der Waals surface area contributed by atoms with Gasteiger partial charge in [-0.1, -0.05) is 0 Å². The summed E-state index contributed by atoms with van der Waals surface area (Å²) in [4.78, 5) is 12.8. The molecule has 2 aliphatic heterocycles. The van der Waals surface area contributed by atoms with Crippen LogP contribution < -0.4 is 10.2 Å². The first-order chi connectivity index (χ1) is 10.2. The highest BCUT2D eigenvalue weighted by molar-refractivity contribution is 7.99. The van der Waals surface area contributed by atoms with Crippen molar-refractivity contribution in [3.05, 3.63) is 5.69 Å². The molecule has 2 N–H and O–H groups in total. The number of thioether (sulfide) groups is 1. The fourth-order valence-corrected chi connectivity index (χ4v) is 3.55. The van der Waals surface area contributed by atoms with Crippen LogP contribution in [0.3, 0.4) is 0 Å². The molecule has 3 heterocycles. The summed E-state index contributed by atoms with van der Waals surface area (Å²) in [5, 5.41) is 12.8. The molecular weight excluding hydrogens is 288 g/mol. The Morgan fingerprint density at radius 1 is 1.38 bits per heavy atom. The number of fused-ring (bicyclic) bond motifs is 1. The van der Waals surface area contributed by atoms with Crippen LogP contribution in [0.5, 0.6) is 0 Å². The van der Waals surface area contributed by atoms with E-state index in [4.69, 9.17) is 14.7 Å². The van der Waals surface area contributed by atoms with Gasteiger partial charge in [0.2, 0.25) is 5.95 Å². The average molecular weight is 310 g/mol. The first-order valence-corrected chi connectivity index (χ1v) is 8.51. The van der Waals surface area contributed by atoms with E-state index in [0.29, 0.717) is 6.54 Å². The lowest BCUT2D eigenvalue weighted by Gasteiger charge is -2.29. The minimum atomic E-state index is -0.393. The van der Waals surface area contributed by atoms with Crippen molar-refractivity contribution in [3.8, 4) is 0 Å². The van der Waals surface area contributed by atoms with Gasteiger partial charge in [0.1, 0.15) is 5.82 Å². The number of aryl methyl sites for hydroxylation is 1. The quantitative estimate of drug-likeness (QED) is 0.864. The van der Waals surface area contributed by atoms with Gasteiger partial charge in [-0.3, -0.25) is 0 Å². The highest BCUT2D eigenvalue weighted by Crippen LogP contribution is 2.35. The molecule has 0 aliphatic carbocycles. The maximum atomic E-state index is 9.50. The molecule has 6 nitrogen and oxygen atoms in total. The second-order valence-electron chi connectivity index (χ2n) is 5.43. The number of aromatic nitrogens is 2. The molecule has 1 aromatic rings. The van der Waals surface area contributed by atoms with Crippen molar-refractivity contribution < 1.29 is 9.84 Å². The predicted molar refractivity (Wildman–Crippen MR) is 84.3 cm³/mol. The average Bonchev–Trinajstić information content (AvgIpc) is 2.53. The topological polar surface area (TPSA) is 70.5 Å². The molecule has 7 heteroatoms. The van der Waals surface area contributed by atoms with Crippen molar-refractivity contribution >= 4 is 23.5 Å². The number of nitrogens with one attached hydrogen (secondary N) is 1. The summed E-state index contributed by atoms with van der Waals surface area (Å²) in [7, 11) is 0. The minimum Gasteiger partial charge on any atom is -0.392 e. The van der Waals surface area contributed by atoms with Gasteiger partial charge in [0.05, 0.1) is 29.9 Å². The van der Waals surface area contributed by atoms with Crippen LogP contribution in [0.15, 0.2) is 4.90 Å². The Labute approximate surface area is 129 Å². The molecule has 21 heavy (non-hydrogen) atoms. The SMILES string of the molecule is C[C@@H](O)CNc1nc(N2CCOCC2)nc2c1SCCC2. The van der Waals surface area contributed by atoms with Crippen LogP contribution in [0.2, 0.25) is 0 Å². The molecule has 116 valence electrons. The Morgan fingerprint density at radius 2 is 2.19 bits per heavy atom. The van der Waals surface area contributed by atoms with E-state index in [0.717, 1.165) is 67.3 Å². The number of hydrogen-bond donors (Lipinski definition) is 2. The van der Waals surface area contributed by atoms with E-state index >= 15 is 0 Å². The number of rotatable bonds is 4. The Kier molecular flexibility index (Phi) is 4.82. The first kappa shape index (κ1) is 14.9. The molecule has 0 spiro atoms. The summed E-state index contributed by atoms with van der Waals surface area (Å²) in [5.74, 6) is 2.76. The zero-order valence-electron chi connectivity index (χ0n) is 12.3. The van der Waals surface area contributed by atoms with E-state index in [1.54, 1.807) is 6.92 Å². The normalized spacial score (nSPS) is 20.0. The fraction of sp³-hybridized carbons (Fsp3) is 0.714. The van der Waals surface area contributed by atoms with Crippen molar-refractivity contribution in [2.45, 2.75) is 30.8 Å². The Morgan fingerprint density at radius 3 is 2.95 bits per heavy atom. The Hall–Kier alpha value is -1.05. The number of nitrogens with zero attached hydrogens (tertiary/aromatic N) is 3. The fourth-order valence-electron chi connectivity index (χ4n) is 2.49. The molecule has 0 aromatic carbocycles. The van der Waals surface area contributed by atoms with Gasteiger partial charge in [-0.15, -0.1) is 11.8 Å². The van der Waals surface area contributed by atoms with E-state index in [1.165, 1.54) is 0 Å². The molecule has 3 rings (SSSR count). The van der Waals surface area contributed by atoms with Gasteiger partial charge in [0, 0.05) is 19.6 Å². The molecule has 1 fully saturated rings. The Balaban J connectivity index is 1.88. The van der Waals surface area contributed by atoms with E-state index in [1.807, 2.05) is 11.8 Å². The molecule has 1 aromatic heterocycles. The minimum absolute atomic E-state index is 0.393. The highest BCUT2D eigenvalue weighted by Gasteiger charge is 2.22. The van der Waals surface area contributed by atoms with E-state index in [2.05, 4.69) is 10.2 Å². The van der Waals surface area contributed by atoms with E-state index in [9.17, 15) is 5.11 Å². The van der Waals surface area contributed by atoms with Crippen molar-refractivity contribution in [1.82, 2.24) is 9.97 Å². The van der Waals surface area contributed by atoms with Gasteiger partial charge >= 0.3 is 0 Å². The molecule has 0 bridgehead atoms. The third-order valence-electron chi connectivity index (χ3n) is 3.59. The van der Waals surface area contributed by atoms with Crippen LogP contribution in [0.1, 0.15) is 19.0 Å². The smallest absolute Gasteiger partial charge is 0.227 e. The summed E-state index contributed by atoms with van der Waals surface area (Å²) in [5.41, 5.74) is 1.14. The largest absolute Gasteiger partial charge is 0.392 e. The molecule has 1 atom stereocenters. The van der Waals surface area contributed by atoms with Crippen LogP contribution in [-0.4, -0.2) is 59.8 Å². The number of morpholine rings is 1. The number of aliphatic hydroxyl groups is 1. The Bertz CT molecular complexity index is 492. The number of hydrogen-bond acceptors (Lipinski definition) is 7. The lowest BCUT2D eigenvalue weighted by molar-refractivity contribution is 0.122. The second kappa shape index (κ2) is 6.81. The molecule has 0 radical (unpaired) electrons. The van der Waals surface area contributed by atoms with Gasteiger partial charge in [0.15, 0.2) is 0 Å². The van der Waals surface area contributed by atoms with E-state index in [-0.39, 0.29) is 0 Å². The molecular formula is C14H22N4O2S. The second-order valence-corrected chi connectivity index (χ2v) is 6.53. The third kappa shape index (κ3) is 3.59. The highest BCUT2D eigenvalue weighted by atomic mass is 32.2. The van der Waals surface area contributed by atoms with Crippen LogP contribution in [0.25, 0.3) is 0 Å². The zero-order valence-corrected chi connectivity index (χ0v) is 13.2. The van der Waals surface area contributed by atoms with Crippen LogP contribution in [0.4, 0.5) is 11.8 Å². The van der Waals surface area contributed by atoms with Gasteiger partial charge in [-0.25, -0.2) is 4.98 Å². The molecule has 1 saturated heterocycles. The maximum absolute atomic E-state index is 9.50. The van der Waals surface area contributed by atoms with E-state index < -0.39 is 6.10 Å². The number of aliphatic hydroxyl groups excluding tert-OH is 1. The summed E-state index contributed by atoms with van der Waals surface area (Å²) in [6.45, 7) is 5.41. The van der Waals surface area contributed by atoms with Gasteiger partial charge in [0.25, 0.3) is 0 Å². The lowest BCUT2D eigenvalue weighted by Crippen LogP contribution is -2.37. The predicted octanol–water partition coefficient (Wildman–Crippen LogP) is 1.14. The van der Waals surface area contributed by atoms with Gasteiger partial charge in [-0.2, -0.15) is 4.98 Å².